The van der Waals surface area contributed by atoms with E-state index >= 15 is 0 Å². The Balaban J connectivity index is 1.90. The number of methoxy groups -OCH3 is 2. The summed E-state index contributed by atoms with van der Waals surface area (Å²) in [7, 11) is 5.12. The van der Waals surface area contributed by atoms with Crippen LogP contribution in [0.2, 0.25) is 5.02 Å². The standard InChI is InChI=1S/C20H25ClN2O3/c1-14(16-6-5-7-17(21)11-16)22-20(24)13-23(2)12-15-8-9-18(25-3)19(10-15)26-4/h5-11,14H,12-13H2,1-4H3,(H,22,24). The summed E-state index contributed by atoms with van der Waals surface area (Å²) in [5, 5.41) is 3.66. The number of rotatable bonds is 8. The van der Waals surface area contributed by atoms with Crippen LogP contribution in [0.5, 0.6) is 11.5 Å². The van der Waals surface area contributed by atoms with Gasteiger partial charge in [-0.15, -0.1) is 0 Å². The number of nitrogens with zero attached hydrogens (tertiary/aromatic N) is 1. The Kier molecular flexibility index (Phi) is 7.30. The highest BCUT2D eigenvalue weighted by atomic mass is 35.5. The summed E-state index contributed by atoms with van der Waals surface area (Å²) in [6.07, 6.45) is 0. The molecule has 0 saturated heterocycles. The van der Waals surface area contributed by atoms with Gasteiger partial charge in [-0.2, -0.15) is 0 Å². The number of likely N-dealkylation sites (N-methyl/N-ethyl adjacent to an activating group) is 1. The van der Waals surface area contributed by atoms with Gasteiger partial charge in [0, 0.05) is 11.6 Å². The first-order chi connectivity index (χ1) is 12.4. The van der Waals surface area contributed by atoms with Crippen LogP contribution in [0.3, 0.4) is 0 Å². The molecule has 0 aliphatic rings. The fraction of sp³-hybridized carbons (Fsp3) is 0.350. The Hall–Kier alpha value is -2.24. The van der Waals surface area contributed by atoms with Crippen molar-refractivity contribution in [3.8, 4) is 11.5 Å². The number of hydrogen-bond acceptors (Lipinski definition) is 4. The minimum atomic E-state index is -0.101. The van der Waals surface area contributed by atoms with E-state index in [2.05, 4.69) is 5.32 Å². The molecule has 0 saturated carbocycles. The first-order valence-corrected chi connectivity index (χ1v) is 8.75. The SMILES string of the molecule is COc1ccc(CN(C)CC(=O)NC(C)c2cccc(Cl)c2)cc1OC. The monoisotopic (exact) mass is 376 g/mol. The molecular formula is C20H25ClN2O3. The maximum atomic E-state index is 12.3. The van der Waals surface area contributed by atoms with Gasteiger partial charge in [0.05, 0.1) is 26.8 Å². The van der Waals surface area contributed by atoms with E-state index < -0.39 is 0 Å². The van der Waals surface area contributed by atoms with Crippen molar-refractivity contribution in [3.05, 3.63) is 58.6 Å². The fourth-order valence-corrected chi connectivity index (χ4v) is 2.94. The van der Waals surface area contributed by atoms with Crippen LogP contribution in [0.4, 0.5) is 0 Å². The average molecular weight is 377 g/mol. The molecule has 2 aromatic rings. The first-order valence-electron chi connectivity index (χ1n) is 8.37. The zero-order valence-electron chi connectivity index (χ0n) is 15.6. The van der Waals surface area contributed by atoms with Gasteiger partial charge in [0.2, 0.25) is 5.91 Å². The van der Waals surface area contributed by atoms with Crippen LogP contribution in [0.1, 0.15) is 24.1 Å². The van der Waals surface area contributed by atoms with Gasteiger partial charge in [-0.05, 0) is 49.4 Å². The third-order valence-corrected chi connectivity index (χ3v) is 4.28. The number of amides is 1. The van der Waals surface area contributed by atoms with E-state index in [1.165, 1.54) is 0 Å². The van der Waals surface area contributed by atoms with Crippen molar-refractivity contribution in [2.24, 2.45) is 0 Å². The summed E-state index contributed by atoms with van der Waals surface area (Å²) in [5.74, 6) is 1.32. The van der Waals surface area contributed by atoms with Crippen LogP contribution in [0.15, 0.2) is 42.5 Å². The van der Waals surface area contributed by atoms with Crippen molar-refractivity contribution in [2.75, 3.05) is 27.8 Å². The first kappa shape index (κ1) is 20.1. The van der Waals surface area contributed by atoms with E-state index in [9.17, 15) is 4.79 Å². The molecule has 1 N–H and O–H groups in total. The van der Waals surface area contributed by atoms with Crippen LogP contribution >= 0.6 is 11.6 Å². The van der Waals surface area contributed by atoms with Gasteiger partial charge in [-0.25, -0.2) is 0 Å². The van der Waals surface area contributed by atoms with Crippen LogP contribution in [0.25, 0.3) is 0 Å². The largest absolute Gasteiger partial charge is 0.493 e. The quantitative estimate of drug-likeness (QED) is 0.763. The number of ether oxygens (including phenoxy) is 2. The van der Waals surface area contributed by atoms with Crippen molar-refractivity contribution < 1.29 is 14.3 Å². The lowest BCUT2D eigenvalue weighted by Crippen LogP contribution is -2.36. The highest BCUT2D eigenvalue weighted by Gasteiger charge is 2.13. The summed E-state index contributed by atoms with van der Waals surface area (Å²) in [4.78, 5) is 14.3. The van der Waals surface area contributed by atoms with Gasteiger partial charge in [0.15, 0.2) is 11.5 Å². The zero-order chi connectivity index (χ0) is 19.1. The molecule has 0 bridgehead atoms. The average Bonchev–Trinajstić information content (AvgIpc) is 2.61. The second kappa shape index (κ2) is 9.46. The molecule has 2 rings (SSSR count). The molecule has 1 amide bonds. The van der Waals surface area contributed by atoms with Crippen molar-refractivity contribution in [2.45, 2.75) is 19.5 Å². The number of hydrogen-bond donors (Lipinski definition) is 1. The summed E-state index contributed by atoms with van der Waals surface area (Å²) >= 11 is 6.01. The van der Waals surface area contributed by atoms with E-state index in [1.807, 2.05) is 61.3 Å². The molecule has 1 atom stereocenters. The summed E-state index contributed by atoms with van der Waals surface area (Å²) in [5.41, 5.74) is 2.02. The highest BCUT2D eigenvalue weighted by Crippen LogP contribution is 2.27. The molecule has 140 valence electrons. The molecule has 0 heterocycles. The van der Waals surface area contributed by atoms with Gasteiger partial charge in [-0.1, -0.05) is 29.8 Å². The number of halogens is 1. The van der Waals surface area contributed by atoms with E-state index in [-0.39, 0.29) is 11.9 Å². The molecule has 0 aliphatic heterocycles. The molecule has 2 aromatic carbocycles. The lowest BCUT2D eigenvalue weighted by atomic mass is 10.1. The summed E-state index contributed by atoms with van der Waals surface area (Å²) in [6.45, 7) is 2.86. The molecule has 5 nitrogen and oxygen atoms in total. The minimum Gasteiger partial charge on any atom is -0.493 e. The Labute approximate surface area is 159 Å². The van der Waals surface area contributed by atoms with Crippen LogP contribution in [-0.4, -0.2) is 38.6 Å². The van der Waals surface area contributed by atoms with Crippen LogP contribution in [-0.2, 0) is 11.3 Å². The topological polar surface area (TPSA) is 50.8 Å². The molecule has 0 aromatic heterocycles. The Morgan fingerprint density at radius 1 is 1.15 bits per heavy atom. The van der Waals surface area contributed by atoms with E-state index in [0.29, 0.717) is 29.6 Å². The zero-order valence-corrected chi connectivity index (χ0v) is 16.3. The smallest absolute Gasteiger partial charge is 0.234 e. The van der Waals surface area contributed by atoms with Gasteiger partial charge in [-0.3, -0.25) is 9.69 Å². The fourth-order valence-electron chi connectivity index (χ4n) is 2.74. The predicted octanol–water partition coefficient (Wildman–Crippen LogP) is 3.67. The Morgan fingerprint density at radius 3 is 2.54 bits per heavy atom. The van der Waals surface area contributed by atoms with Gasteiger partial charge >= 0.3 is 0 Å². The van der Waals surface area contributed by atoms with E-state index in [1.54, 1.807) is 14.2 Å². The number of nitrogens with one attached hydrogen (secondary N) is 1. The van der Waals surface area contributed by atoms with Crippen molar-refractivity contribution >= 4 is 17.5 Å². The van der Waals surface area contributed by atoms with Gasteiger partial charge in [0.1, 0.15) is 0 Å². The second-order valence-electron chi connectivity index (χ2n) is 6.21. The van der Waals surface area contributed by atoms with Crippen LogP contribution in [0, 0.1) is 0 Å². The van der Waals surface area contributed by atoms with Crippen molar-refractivity contribution in [1.82, 2.24) is 10.2 Å². The molecule has 6 heteroatoms. The van der Waals surface area contributed by atoms with E-state index in [0.717, 1.165) is 11.1 Å². The Bertz CT molecular complexity index is 752. The van der Waals surface area contributed by atoms with E-state index in [4.69, 9.17) is 21.1 Å². The molecule has 1 unspecified atom stereocenters. The molecule has 0 fully saturated rings. The third-order valence-electron chi connectivity index (χ3n) is 4.04. The normalized spacial score (nSPS) is 11.9. The number of carbonyl (C=O) groups excluding carboxylic acids is 1. The maximum absolute atomic E-state index is 12.3. The number of benzene rings is 2. The summed E-state index contributed by atoms with van der Waals surface area (Å²) < 4.78 is 10.6. The Morgan fingerprint density at radius 2 is 1.88 bits per heavy atom. The lowest BCUT2D eigenvalue weighted by molar-refractivity contribution is -0.122. The molecule has 26 heavy (non-hydrogen) atoms. The lowest BCUT2D eigenvalue weighted by Gasteiger charge is -2.20. The van der Waals surface area contributed by atoms with Gasteiger partial charge in [0.25, 0.3) is 0 Å². The maximum Gasteiger partial charge on any atom is 0.234 e. The molecular weight excluding hydrogens is 352 g/mol. The van der Waals surface area contributed by atoms with Crippen LogP contribution < -0.4 is 14.8 Å². The minimum absolute atomic E-state index is 0.0412. The van der Waals surface area contributed by atoms with Gasteiger partial charge < -0.3 is 14.8 Å². The molecule has 0 aliphatic carbocycles. The second-order valence-corrected chi connectivity index (χ2v) is 6.64. The third kappa shape index (κ3) is 5.64. The summed E-state index contributed by atoms with van der Waals surface area (Å²) in [6, 6.07) is 13.1. The highest BCUT2D eigenvalue weighted by molar-refractivity contribution is 6.30. The molecule has 0 radical (unpaired) electrons. The molecule has 0 spiro atoms. The predicted molar refractivity (Wildman–Crippen MR) is 104 cm³/mol. The van der Waals surface area contributed by atoms with Crippen molar-refractivity contribution in [1.29, 1.82) is 0 Å². The van der Waals surface area contributed by atoms with Crippen molar-refractivity contribution in [3.63, 3.8) is 0 Å². The number of carbonyl (C=O) groups is 1.